The van der Waals surface area contributed by atoms with E-state index in [-0.39, 0.29) is 17.6 Å². The number of aryl methyl sites for hydroxylation is 1. The third kappa shape index (κ3) is 3.44. The summed E-state index contributed by atoms with van der Waals surface area (Å²) in [7, 11) is 0. The van der Waals surface area contributed by atoms with Crippen molar-refractivity contribution in [3.63, 3.8) is 0 Å². The summed E-state index contributed by atoms with van der Waals surface area (Å²) in [6.07, 6.45) is 6.18. The van der Waals surface area contributed by atoms with E-state index in [1.807, 2.05) is 12.3 Å². The SMILES string of the molecule is O=C1c2ccccc2C(=O)N1CCCCc1cc2c(c3cc4ccc(F)cc4nc13)SNC=C2. The molecule has 168 valence electrons. The van der Waals surface area contributed by atoms with Crippen molar-refractivity contribution in [2.24, 2.45) is 0 Å². The molecule has 5 nitrogen and oxygen atoms in total. The van der Waals surface area contributed by atoms with Crippen molar-refractivity contribution in [3.05, 3.63) is 88.9 Å². The molecule has 1 N–H and O–H groups in total. The number of pyridine rings is 1. The van der Waals surface area contributed by atoms with Gasteiger partial charge in [-0.25, -0.2) is 9.37 Å². The lowest BCUT2D eigenvalue weighted by molar-refractivity contribution is 0.0652. The number of nitrogens with zero attached hydrogens (tertiary/aromatic N) is 2. The van der Waals surface area contributed by atoms with E-state index in [2.05, 4.69) is 16.9 Å². The number of carbonyl (C=O) groups excluding carboxylic acids is 2. The first kappa shape index (κ1) is 20.9. The molecule has 0 saturated carbocycles. The first-order valence-electron chi connectivity index (χ1n) is 11.2. The number of aromatic nitrogens is 1. The van der Waals surface area contributed by atoms with Gasteiger partial charge in [0.15, 0.2) is 0 Å². The third-order valence-electron chi connectivity index (χ3n) is 6.37. The van der Waals surface area contributed by atoms with Gasteiger partial charge in [0.1, 0.15) is 5.82 Å². The molecule has 0 fully saturated rings. The molecule has 2 aliphatic heterocycles. The molecular formula is C27H20FN3O2S. The number of unbranched alkanes of at least 4 members (excludes halogenated alkanes) is 1. The zero-order valence-electron chi connectivity index (χ0n) is 18.2. The molecule has 34 heavy (non-hydrogen) atoms. The van der Waals surface area contributed by atoms with Crippen LogP contribution in [0.15, 0.2) is 65.7 Å². The van der Waals surface area contributed by atoms with Gasteiger partial charge >= 0.3 is 0 Å². The van der Waals surface area contributed by atoms with Crippen LogP contribution < -0.4 is 4.72 Å². The van der Waals surface area contributed by atoms with Crippen LogP contribution in [0, 0.1) is 5.82 Å². The van der Waals surface area contributed by atoms with E-state index in [1.165, 1.54) is 17.0 Å². The number of rotatable bonds is 5. The van der Waals surface area contributed by atoms with Gasteiger partial charge < -0.3 is 4.72 Å². The third-order valence-corrected chi connectivity index (χ3v) is 7.28. The molecule has 0 radical (unpaired) electrons. The minimum Gasteiger partial charge on any atom is -0.332 e. The van der Waals surface area contributed by atoms with E-state index in [9.17, 15) is 14.0 Å². The highest BCUT2D eigenvalue weighted by molar-refractivity contribution is 7.97. The van der Waals surface area contributed by atoms with Crippen molar-refractivity contribution in [3.8, 4) is 0 Å². The van der Waals surface area contributed by atoms with Gasteiger partial charge in [0.05, 0.1) is 22.2 Å². The van der Waals surface area contributed by atoms with Gasteiger partial charge in [0.2, 0.25) is 0 Å². The summed E-state index contributed by atoms with van der Waals surface area (Å²) in [5, 5.41) is 1.93. The van der Waals surface area contributed by atoms with Crippen LogP contribution in [-0.4, -0.2) is 28.2 Å². The molecule has 0 bridgehead atoms. The number of benzene rings is 3. The van der Waals surface area contributed by atoms with E-state index < -0.39 is 0 Å². The number of hydrogen-bond acceptors (Lipinski definition) is 5. The van der Waals surface area contributed by atoms with Crippen molar-refractivity contribution in [2.75, 3.05) is 6.54 Å². The minimum atomic E-state index is -0.307. The molecule has 1 aromatic heterocycles. The Morgan fingerprint density at radius 1 is 0.971 bits per heavy atom. The van der Waals surface area contributed by atoms with Gasteiger partial charge in [-0.1, -0.05) is 12.1 Å². The summed E-state index contributed by atoms with van der Waals surface area (Å²) >= 11 is 1.55. The van der Waals surface area contributed by atoms with Crippen molar-refractivity contribution < 1.29 is 14.0 Å². The molecule has 0 aliphatic carbocycles. The Morgan fingerprint density at radius 3 is 2.56 bits per heavy atom. The molecule has 2 amide bonds. The van der Waals surface area contributed by atoms with Gasteiger partial charge in [0, 0.05) is 34.5 Å². The number of hydrogen-bond donors (Lipinski definition) is 1. The summed E-state index contributed by atoms with van der Waals surface area (Å²) in [6.45, 7) is 0.385. The highest BCUT2D eigenvalue weighted by Crippen LogP contribution is 2.37. The standard InChI is InChI=1S/C27H20FN3O2S/c28-19-9-8-16-14-22-24(30-23(16)15-19)17(13-18-10-11-29-34-25(18)22)5-3-4-12-31-26(32)20-6-1-2-7-21(20)27(31)33/h1-2,6-11,13-15,29H,3-5,12H2. The molecule has 0 atom stereocenters. The first-order valence-corrected chi connectivity index (χ1v) is 12.0. The van der Waals surface area contributed by atoms with E-state index in [4.69, 9.17) is 4.98 Å². The predicted octanol–water partition coefficient (Wildman–Crippen LogP) is 5.73. The number of fused-ring (bicyclic) bond motifs is 5. The van der Waals surface area contributed by atoms with Crippen molar-refractivity contribution >= 4 is 51.6 Å². The fourth-order valence-corrected chi connectivity index (χ4v) is 5.47. The molecular weight excluding hydrogens is 449 g/mol. The maximum Gasteiger partial charge on any atom is 0.261 e. The van der Waals surface area contributed by atoms with E-state index in [1.54, 1.807) is 42.3 Å². The molecule has 2 aliphatic rings. The highest BCUT2D eigenvalue weighted by atomic mass is 32.2. The van der Waals surface area contributed by atoms with Crippen LogP contribution in [0.4, 0.5) is 4.39 Å². The lowest BCUT2D eigenvalue weighted by Gasteiger charge is -2.18. The topological polar surface area (TPSA) is 62.3 Å². The fourth-order valence-electron chi connectivity index (χ4n) is 4.71. The second-order valence-corrected chi connectivity index (χ2v) is 9.34. The fraction of sp³-hybridized carbons (Fsp3) is 0.148. The average Bonchev–Trinajstić information content (AvgIpc) is 3.10. The number of amides is 2. The lowest BCUT2D eigenvalue weighted by atomic mass is 9.99. The Morgan fingerprint density at radius 2 is 1.76 bits per heavy atom. The van der Waals surface area contributed by atoms with Gasteiger partial charge in [-0.2, -0.15) is 0 Å². The monoisotopic (exact) mass is 469 g/mol. The Bertz CT molecular complexity index is 1500. The molecule has 6 rings (SSSR count). The van der Waals surface area contributed by atoms with E-state index in [0.29, 0.717) is 29.6 Å². The number of halogens is 1. The quantitative estimate of drug-likeness (QED) is 0.175. The number of nitrogens with one attached hydrogen (secondary N) is 1. The smallest absolute Gasteiger partial charge is 0.261 e. The molecule has 3 heterocycles. The Balaban J connectivity index is 1.27. The van der Waals surface area contributed by atoms with Gasteiger partial charge in [-0.05, 0) is 84.8 Å². The Labute approximate surface area is 199 Å². The maximum absolute atomic E-state index is 13.8. The summed E-state index contributed by atoms with van der Waals surface area (Å²) in [5.41, 5.74) is 4.65. The van der Waals surface area contributed by atoms with Crippen LogP contribution in [0.1, 0.15) is 44.7 Å². The zero-order valence-corrected chi connectivity index (χ0v) is 19.0. The van der Waals surface area contributed by atoms with Gasteiger partial charge in [0.25, 0.3) is 11.8 Å². The Kier molecular flexibility index (Phi) is 5.07. The predicted molar refractivity (Wildman–Crippen MR) is 132 cm³/mol. The summed E-state index contributed by atoms with van der Waals surface area (Å²) in [6, 6.07) is 15.9. The molecule has 0 saturated heterocycles. The van der Waals surface area contributed by atoms with Crippen LogP contribution in [0.5, 0.6) is 0 Å². The summed E-state index contributed by atoms with van der Waals surface area (Å²) in [4.78, 5) is 32.5. The highest BCUT2D eigenvalue weighted by Gasteiger charge is 2.34. The molecule has 3 aromatic carbocycles. The van der Waals surface area contributed by atoms with Crippen LogP contribution in [0.3, 0.4) is 0 Å². The second kappa shape index (κ2) is 8.25. The molecule has 7 heteroatoms. The van der Waals surface area contributed by atoms with Crippen molar-refractivity contribution in [1.82, 2.24) is 14.6 Å². The van der Waals surface area contributed by atoms with E-state index in [0.717, 1.165) is 45.2 Å². The van der Waals surface area contributed by atoms with E-state index >= 15 is 0 Å². The van der Waals surface area contributed by atoms with Crippen molar-refractivity contribution in [2.45, 2.75) is 24.2 Å². The largest absolute Gasteiger partial charge is 0.332 e. The summed E-state index contributed by atoms with van der Waals surface area (Å²) in [5.74, 6) is -0.743. The van der Waals surface area contributed by atoms with Gasteiger partial charge in [-0.15, -0.1) is 0 Å². The molecule has 0 spiro atoms. The van der Waals surface area contributed by atoms with Crippen molar-refractivity contribution in [1.29, 1.82) is 0 Å². The average molecular weight is 470 g/mol. The molecule has 4 aromatic rings. The Hall–Kier alpha value is -3.71. The zero-order chi connectivity index (χ0) is 23.2. The minimum absolute atomic E-state index is 0.218. The second-order valence-electron chi connectivity index (χ2n) is 8.49. The lowest BCUT2D eigenvalue weighted by Crippen LogP contribution is -2.30. The number of imide groups is 1. The summed E-state index contributed by atoms with van der Waals surface area (Å²) < 4.78 is 17.0. The number of carbonyl (C=O) groups is 2. The van der Waals surface area contributed by atoms with Gasteiger partial charge in [-0.3, -0.25) is 14.5 Å². The van der Waals surface area contributed by atoms with Crippen LogP contribution in [0.2, 0.25) is 0 Å². The normalized spacial score (nSPS) is 14.6. The van der Waals surface area contributed by atoms with Crippen LogP contribution >= 0.6 is 11.9 Å². The van der Waals surface area contributed by atoms with Crippen LogP contribution in [0.25, 0.3) is 27.9 Å². The van der Waals surface area contributed by atoms with Crippen LogP contribution in [-0.2, 0) is 6.42 Å². The molecule has 0 unspecified atom stereocenters. The maximum atomic E-state index is 13.8. The first-order chi connectivity index (χ1) is 16.6.